The fourth-order valence-electron chi connectivity index (χ4n) is 2.62. The van der Waals surface area contributed by atoms with Gasteiger partial charge in [-0.1, -0.05) is 48.0 Å². The summed E-state index contributed by atoms with van der Waals surface area (Å²) in [6, 6.07) is 20.4. The van der Waals surface area contributed by atoms with Crippen LogP contribution >= 0.6 is 11.3 Å². The lowest BCUT2D eigenvalue weighted by molar-refractivity contribution is 0.500. The third kappa shape index (κ3) is 3.17. The molecule has 1 nitrogen and oxygen atoms in total. The van der Waals surface area contributed by atoms with Gasteiger partial charge in [0.15, 0.2) is 0 Å². The minimum atomic E-state index is 0.353. The summed E-state index contributed by atoms with van der Waals surface area (Å²) in [6.45, 7) is 6.60. The van der Waals surface area contributed by atoms with Crippen molar-refractivity contribution in [2.24, 2.45) is 0 Å². The summed E-state index contributed by atoms with van der Waals surface area (Å²) in [6.07, 6.45) is 0. The van der Waals surface area contributed by atoms with Gasteiger partial charge in [0.1, 0.15) is 0 Å². The molecule has 0 radical (unpaired) electrons. The first-order valence-electron chi connectivity index (χ1n) is 7.44. The number of aryl methyl sites for hydroxylation is 1. The summed E-state index contributed by atoms with van der Waals surface area (Å²) in [7, 11) is 0. The summed E-state index contributed by atoms with van der Waals surface area (Å²) in [5, 5.41) is 5.05. The van der Waals surface area contributed by atoms with E-state index in [0.29, 0.717) is 12.1 Å². The van der Waals surface area contributed by atoms with E-state index in [2.05, 4.69) is 80.7 Å². The number of rotatable bonds is 4. The van der Waals surface area contributed by atoms with Crippen LogP contribution in [0.3, 0.4) is 0 Å². The van der Waals surface area contributed by atoms with E-state index in [-0.39, 0.29) is 0 Å². The van der Waals surface area contributed by atoms with Crippen LogP contribution in [0, 0.1) is 6.92 Å². The standard InChI is InChI=1S/C19H21NS/c1-13-8-10-16(11-9-13)14(2)20-15(3)19-12-17-6-4-5-7-18(17)21-19/h4-12,14-15,20H,1-3H3/t14-,15?/m1/s1. The zero-order valence-electron chi connectivity index (χ0n) is 12.8. The Morgan fingerprint density at radius 3 is 2.33 bits per heavy atom. The molecule has 2 aromatic carbocycles. The maximum absolute atomic E-state index is 3.70. The highest BCUT2D eigenvalue weighted by Crippen LogP contribution is 2.30. The zero-order chi connectivity index (χ0) is 14.8. The van der Waals surface area contributed by atoms with Gasteiger partial charge in [0, 0.05) is 21.7 Å². The molecule has 3 rings (SSSR count). The third-order valence-corrected chi connectivity index (χ3v) is 5.25. The van der Waals surface area contributed by atoms with Crippen molar-refractivity contribution in [3.8, 4) is 0 Å². The molecule has 2 atom stereocenters. The fourth-order valence-corrected chi connectivity index (χ4v) is 3.70. The van der Waals surface area contributed by atoms with Gasteiger partial charge in [0.05, 0.1) is 0 Å². The fraction of sp³-hybridized carbons (Fsp3) is 0.263. The van der Waals surface area contributed by atoms with E-state index in [1.165, 1.54) is 26.1 Å². The normalized spacial score (nSPS) is 14.2. The highest BCUT2D eigenvalue weighted by Gasteiger charge is 2.13. The largest absolute Gasteiger partial charge is 0.303 e. The lowest BCUT2D eigenvalue weighted by atomic mass is 10.1. The smallest absolute Gasteiger partial charge is 0.0391 e. The SMILES string of the molecule is Cc1ccc([C@@H](C)NC(C)c2cc3ccccc3s2)cc1. The molecule has 0 bridgehead atoms. The Labute approximate surface area is 130 Å². The average Bonchev–Trinajstić information content (AvgIpc) is 2.92. The highest BCUT2D eigenvalue weighted by molar-refractivity contribution is 7.19. The molecule has 1 unspecified atom stereocenters. The maximum Gasteiger partial charge on any atom is 0.0391 e. The number of thiophene rings is 1. The van der Waals surface area contributed by atoms with Crippen molar-refractivity contribution in [2.75, 3.05) is 0 Å². The monoisotopic (exact) mass is 295 g/mol. The van der Waals surface area contributed by atoms with Crippen LogP contribution in [-0.2, 0) is 0 Å². The number of nitrogens with one attached hydrogen (secondary N) is 1. The van der Waals surface area contributed by atoms with E-state index in [1.807, 2.05) is 11.3 Å². The second-order valence-electron chi connectivity index (χ2n) is 5.71. The molecule has 0 saturated carbocycles. The van der Waals surface area contributed by atoms with Crippen LogP contribution in [0.5, 0.6) is 0 Å². The minimum Gasteiger partial charge on any atom is -0.303 e. The molecule has 2 heteroatoms. The van der Waals surface area contributed by atoms with Crippen molar-refractivity contribution in [2.45, 2.75) is 32.9 Å². The van der Waals surface area contributed by atoms with Gasteiger partial charge in [0.2, 0.25) is 0 Å². The molecule has 1 aromatic heterocycles. The molecule has 1 N–H and O–H groups in total. The summed E-state index contributed by atoms with van der Waals surface area (Å²) in [5.74, 6) is 0. The average molecular weight is 295 g/mol. The minimum absolute atomic E-state index is 0.353. The first-order valence-corrected chi connectivity index (χ1v) is 8.26. The Kier molecular flexibility index (Phi) is 4.09. The van der Waals surface area contributed by atoms with Crippen LogP contribution in [0.25, 0.3) is 10.1 Å². The molecule has 0 spiro atoms. The van der Waals surface area contributed by atoms with E-state index in [1.54, 1.807) is 0 Å². The van der Waals surface area contributed by atoms with E-state index in [0.717, 1.165) is 0 Å². The molecule has 0 saturated heterocycles. The maximum atomic E-state index is 3.70. The third-order valence-electron chi connectivity index (χ3n) is 3.95. The van der Waals surface area contributed by atoms with Gasteiger partial charge in [-0.3, -0.25) is 0 Å². The van der Waals surface area contributed by atoms with Crippen molar-refractivity contribution in [3.05, 3.63) is 70.6 Å². The zero-order valence-corrected chi connectivity index (χ0v) is 13.6. The van der Waals surface area contributed by atoms with E-state index in [4.69, 9.17) is 0 Å². The molecule has 0 aliphatic carbocycles. The van der Waals surface area contributed by atoms with Crippen LogP contribution in [-0.4, -0.2) is 0 Å². The van der Waals surface area contributed by atoms with Gasteiger partial charge in [-0.05, 0) is 43.9 Å². The second kappa shape index (κ2) is 6.00. The van der Waals surface area contributed by atoms with Gasteiger partial charge >= 0.3 is 0 Å². The lowest BCUT2D eigenvalue weighted by Crippen LogP contribution is -2.21. The number of hydrogen-bond donors (Lipinski definition) is 1. The summed E-state index contributed by atoms with van der Waals surface area (Å²) < 4.78 is 1.36. The highest BCUT2D eigenvalue weighted by atomic mass is 32.1. The summed E-state index contributed by atoms with van der Waals surface area (Å²) >= 11 is 1.88. The summed E-state index contributed by atoms with van der Waals surface area (Å²) in [4.78, 5) is 1.40. The van der Waals surface area contributed by atoms with Gasteiger partial charge in [0.25, 0.3) is 0 Å². The van der Waals surface area contributed by atoms with Gasteiger partial charge < -0.3 is 5.32 Å². The van der Waals surface area contributed by atoms with E-state index < -0.39 is 0 Å². The van der Waals surface area contributed by atoms with Crippen LogP contribution in [0.4, 0.5) is 0 Å². The number of benzene rings is 2. The summed E-state index contributed by atoms with van der Waals surface area (Å²) in [5.41, 5.74) is 2.65. The van der Waals surface area contributed by atoms with Gasteiger partial charge in [-0.25, -0.2) is 0 Å². The van der Waals surface area contributed by atoms with E-state index >= 15 is 0 Å². The molecule has 21 heavy (non-hydrogen) atoms. The molecule has 0 aliphatic rings. The molecule has 1 heterocycles. The van der Waals surface area contributed by atoms with E-state index in [9.17, 15) is 0 Å². The quantitative estimate of drug-likeness (QED) is 0.658. The topological polar surface area (TPSA) is 12.0 Å². The first-order chi connectivity index (χ1) is 10.1. The van der Waals surface area contributed by atoms with Crippen LogP contribution < -0.4 is 5.32 Å². The Hall–Kier alpha value is -1.64. The predicted octanol–water partition coefficient (Wildman–Crippen LogP) is 5.62. The van der Waals surface area contributed by atoms with Crippen LogP contribution in [0.2, 0.25) is 0 Å². The second-order valence-corrected chi connectivity index (χ2v) is 6.82. The number of hydrogen-bond acceptors (Lipinski definition) is 2. The Balaban J connectivity index is 1.75. The van der Waals surface area contributed by atoms with Crippen molar-refractivity contribution < 1.29 is 0 Å². The first kappa shape index (κ1) is 14.3. The molecule has 0 aliphatic heterocycles. The Morgan fingerprint density at radius 1 is 0.905 bits per heavy atom. The van der Waals surface area contributed by atoms with Crippen molar-refractivity contribution >= 4 is 21.4 Å². The van der Waals surface area contributed by atoms with Crippen molar-refractivity contribution in [1.82, 2.24) is 5.32 Å². The van der Waals surface area contributed by atoms with Crippen molar-refractivity contribution in [3.63, 3.8) is 0 Å². The molecule has 0 amide bonds. The van der Waals surface area contributed by atoms with Crippen molar-refractivity contribution in [1.29, 1.82) is 0 Å². The molecule has 0 fully saturated rings. The lowest BCUT2D eigenvalue weighted by Gasteiger charge is -2.19. The molecule has 3 aromatic rings. The molecular weight excluding hydrogens is 274 g/mol. The molecular formula is C19H21NS. The van der Waals surface area contributed by atoms with Crippen LogP contribution in [0.1, 0.15) is 41.9 Å². The Morgan fingerprint density at radius 2 is 1.62 bits per heavy atom. The van der Waals surface area contributed by atoms with Crippen LogP contribution in [0.15, 0.2) is 54.6 Å². The molecule has 108 valence electrons. The predicted molar refractivity (Wildman–Crippen MR) is 93.0 cm³/mol. The number of fused-ring (bicyclic) bond motifs is 1. The van der Waals surface area contributed by atoms with Gasteiger partial charge in [-0.2, -0.15) is 0 Å². The van der Waals surface area contributed by atoms with Gasteiger partial charge in [-0.15, -0.1) is 11.3 Å². The Bertz CT molecular complexity index is 694.